The van der Waals surface area contributed by atoms with E-state index >= 15 is 0 Å². The van der Waals surface area contributed by atoms with Crippen molar-refractivity contribution in [2.24, 2.45) is 0 Å². The molecule has 0 fully saturated rings. The standard InChI is InChI=1S/C10H8ClF4NO3/c1-5-7(16(17)18)3-2-6(11)8(5)19-4-10(14,15)9(12)13/h2-3,9H,4H2,1H3. The highest BCUT2D eigenvalue weighted by Gasteiger charge is 2.42. The van der Waals surface area contributed by atoms with Crippen LogP contribution in [0.15, 0.2) is 12.1 Å². The maximum atomic E-state index is 12.7. The van der Waals surface area contributed by atoms with E-state index in [-0.39, 0.29) is 10.6 Å². The number of alkyl halides is 4. The third kappa shape index (κ3) is 3.46. The zero-order valence-corrected chi connectivity index (χ0v) is 10.3. The summed E-state index contributed by atoms with van der Waals surface area (Å²) in [5, 5.41) is 10.5. The Morgan fingerprint density at radius 3 is 2.53 bits per heavy atom. The van der Waals surface area contributed by atoms with Crippen molar-refractivity contribution in [1.29, 1.82) is 0 Å². The Labute approximate surface area is 110 Å². The molecule has 0 bridgehead atoms. The van der Waals surface area contributed by atoms with Crippen molar-refractivity contribution in [3.8, 4) is 5.75 Å². The lowest BCUT2D eigenvalue weighted by atomic mass is 10.2. The van der Waals surface area contributed by atoms with E-state index in [1.165, 1.54) is 6.92 Å². The Hall–Kier alpha value is -1.57. The topological polar surface area (TPSA) is 52.4 Å². The minimum Gasteiger partial charge on any atom is -0.485 e. The summed E-state index contributed by atoms with van der Waals surface area (Å²) in [5.74, 6) is -4.77. The van der Waals surface area contributed by atoms with Crippen LogP contribution in [0.4, 0.5) is 23.2 Å². The Morgan fingerprint density at radius 2 is 2.05 bits per heavy atom. The number of halogens is 5. The molecule has 9 heteroatoms. The SMILES string of the molecule is Cc1c([N+](=O)[O-])ccc(Cl)c1OCC(F)(F)C(F)F. The first kappa shape index (κ1) is 15.5. The van der Waals surface area contributed by atoms with Crippen LogP contribution in [0.1, 0.15) is 5.56 Å². The van der Waals surface area contributed by atoms with Crippen molar-refractivity contribution in [3.05, 3.63) is 32.8 Å². The van der Waals surface area contributed by atoms with Gasteiger partial charge in [0.2, 0.25) is 0 Å². The van der Waals surface area contributed by atoms with Crippen molar-refractivity contribution < 1.29 is 27.2 Å². The smallest absolute Gasteiger partial charge is 0.340 e. The number of hydrogen-bond acceptors (Lipinski definition) is 3. The minimum atomic E-state index is -4.36. The van der Waals surface area contributed by atoms with Gasteiger partial charge in [-0.05, 0) is 13.0 Å². The zero-order chi connectivity index (χ0) is 14.8. The summed E-state index contributed by atoms with van der Waals surface area (Å²) in [4.78, 5) is 9.87. The van der Waals surface area contributed by atoms with E-state index in [0.29, 0.717) is 0 Å². The first-order chi connectivity index (χ1) is 8.66. The van der Waals surface area contributed by atoms with Crippen LogP contribution in [-0.2, 0) is 0 Å². The monoisotopic (exact) mass is 301 g/mol. The molecule has 0 atom stereocenters. The molecule has 0 aliphatic heterocycles. The molecule has 0 saturated carbocycles. The molecule has 0 saturated heterocycles. The summed E-state index contributed by atoms with van der Waals surface area (Å²) in [6.07, 6.45) is -3.90. The predicted molar refractivity (Wildman–Crippen MR) is 59.3 cm³/mol. The molecule has 19 heavy (non-hydrogen) atoms. The van der Waals surface area contributed by atoms with Crippen molar-refractivity contribution in [3.63, 3.8) is 0 Å². The van der Waals surface area contributed by atoms with E-state index in [4.69, 9.17) is 11.6 Å². The van der Waals surface area contributed by atoms with Gasteiger partial charge in [0.15, 0.2) is 6.61 Å². The van der Waals surface area contributed by atoms with E-state index in [9.17, 15) is 27.7 Å². The number of ether oxygens (including phenoxy) is 1. The van der Waals surface area contributed by atoms with Crippen molar-refractivity contribution >= 4 is 17.3 Å². The number of nitro groups is 1. The average molecular weight is 302 g/mol. The molecule has 1 rings (SSSR count). The van der Waals surface area contributed by atoms with Crippen molar-refractivity contribution in [1.82, 2.24) is 0 Å². The average Bonchev–Trinajstić information content (AvgIpc) is 2.27. The Morgan fingerprint density at radius 1 is 1.47 bits per heavy atom. The molecule has 4 nitrogen and oxygen atoms in total. The number of hydrogen-bond donors (Lipinski definition) is 0. The molecular formula is C10H8ClF4NO3. The van der Waals surface area contributed by atoms with Crippen LogP contribution in [-0.4, -0.2) is 23.9 Å². The summed E-state index contributed by atoms with van der Waals surface area (Å²) in [6.45, 7) is -0.397. The van der Waals surface area contributed by atoms with Crippen LogP contribution in [0, 0.1) is 17.0 Å². The third-order valence-corrected chi connectivity index (χ3v) is 2.55. The highest BCUT2D eigenvalue weighted by Crippen LogP contribution is 2.36. The fourth-order valence-electron chi connectivity index (χ4n) is 1.25. The largest absolute Gasteiger partial charge is 0.485 e. The fraction of sp³-hybridized carbons (Fsp3) is 0.400. The molecule has 106 valence electrons. The van der Waals surface area contributed by atoms with Gasteiger partial charge in [0.05, 0.1) is 15.5 Å². The van der Waals surface area contributed by atoms with Crippen molar-refractivity contribution in [2.45, 2.75) is 19.3 Å². The quantitative estimate of drug-likeness (QED) is 0.472. The number of nitrogens with zero attached hydrogens (tertiary/aromatic N) is 1. The lowest BCUT2D eigenvalue weighted by molar-refractivity contribution is -0.385. The van der Waals surface area contributed by atoms with Crippen LogP contribution in [0.3, 0.4) is 0 Å². The van der Waals surface area contributed by atoms with Gasteiger partial charge in [0.1, 0.15) is 5.75 Å². The van der Waals surface area contributed by atoms with Gasteiger partial charge in [-0.25, -0.2) is 8.78 Å². The lowest BCUT2D eigenvalue weighted by Gasteiger charge is -2.17. The molecule has 0 aliphatic carbocycles. The van der Waals surface area contributed by atoms with E-state index in [1.54, 1.807) is 0 Å². The molecule has 0 N–H and O–H groups in total. The molecule has 0 unspecified atom stereocenters. The zero-order valence-electron chi connectivity index (χ0n) is 9.50. The Kier molecular flexibility index (Phi) is 4.56. The van der Waals surface area contributed by atoms with Crippen LogP contribution in [0.2, 0.25) is 5.02 Å². The molecule has 0 aliphatic rings. The molecular weight excluding hydrogens is 294 g/mol. The van der Waals surface area contributed by atoms with Gasteiger partial charge < -0.3 is 4.74 Å². The van der Waals surface area contributed by atoms with E-state index in [0.717, 1.165) is 12.1 Å². The molecule has 0 aromatic heterocycles. The summed E-state index contributed by atoms with van der Waals surface area (Å²) in [5.41, 5.74) is -0.512. The van der Waals surface area contributed by atoms with Gasteiger partial charge >= 0.3 is 12.3 Å². The lowest BCUT2D eigenvalue weighted by Crippen LogP contribution is -2.33. The molecule has 0 radical (unpaired) electrons. The fourth-order valence-corrected chi connectivity index (χ4v) is 1.51. The van der Waals surface area contributed by atoms with Gasteiger partial charge in [-0.15, -0.1) is 0 Å². The van der Waals surface area contributed by atoms with Crippen LogP contribution in [0.25, 0.3) is 0 Å². The summed E-state index contributed by atoms with van der Waals surface area (Å²) in [6, 6.07) is 2.14. The highest BCUT2D eigenvalue weighted by molar-refractivity contribution is 6.32. The molecule has 0 amide bonds. The predicted octanol–water partition coefficient (Wildman–Crippen LogP) is 3.84. The summed E-state index contributed by atoms with van der Waals surface area (Å²) < 4.78 is 53.8. The van der Waals surface area contributed by atoms with Crippen LogP contribution in [0.5, 0.6) is 5.75 Å². The van der Waals surface area contributed by atoms with Crippen molar-refractivity contribution in [2.75, 3.05) is 6.61 Å². The van der Waals surface area contributed by atoms with Crippen LogP contribution < -0.4 is 4.74 Å². The number of rotatable bonds is 5. The first-order valence-electron chi connectivity index (χ1n) is 4.89. The molecule has 0 heterocycles. The van der Waals surface area contributed by atoms with Gasteiger partial charge in [-0.1, -0.05) is 11.6 Å². The Balaban J connectivity index is 3.02. The highest BCUT2D eigenvalue weighted by atomic mass is 35.5. The van der Waals surface area contributed by atoms with E-state index < -0.39 is 35.3 Å². The van der Waals surface area contributed by atoms with Gasteiger partial charge in [0.25, 0.3) is 5.69 Å². The first-order valence-corrected chi connectivity index (χ1v) is 5.27. The van der Waals surface area contributed by atoms with E-state index in [2.05, 4.69) is 4.74 Å². The van der Waals surface area contributed by atoms with Gasteiger partial charge in [-0.2, -0.15) is 8.78 Å². The Bertz CT molecular complexity index is 496. The number of benzene rings is 1. The van der Waals surface area contributed by atoms with Crippen LogP contribution >= 0.6 is 11.6 Å². The second kappa shape index (κ2) is 5.60. The maximum absolute atomic E-state index is 12.7. The number of nitro benzene ring substituents is 1. The third-order valence-electron chi connectivity index (χ3n) is 2.25. The van der Waals surface area contributed by atoms with Gasteiger partial charge in [0, 0.05) is 6.07 Å². The molecule has 1 aromatic rings. The second-order valence-electron chi connectivity index (χ2n) is 3.63. The maximum Gasteiger partial charge on any atom is 0.340 e. The van der Waals surface area contributed by atoms with Gasteiger partial charge in [-0.3, -0.25) is 10.1 Å². The molecule has 0 spiro atoms. The van der Waals surface area contributed by atoms with E-state index in [1.807, 2.05) is 0 Å². The second-order valence-corrected chi connectivity index (χ2v) is 4.04. The molecule has 1 aromatic carbocycles. The summed E-state index contributed by atoms with van der Waals surface area (Å²) >= 11 is 5.63. The normalized spacial score (nSPS) is 11.7. The minimum absolute atomic E-state index is 0.109. The summed E-state index contributed by atoms with van der Waals surface area (Å²) in [7, 11) is 0.